The zero-order valence-electron chi connectivity index (χ0n) is 9.46. The number of ketones is 1. The molecule has 4 nitrogen and oxygen atoms in total. The van der Waals surface area contributed by atoms with Crippen molar-refractivity contribution >= 4 is 17.1 Å². The van der Waals surface area contributed by atoms with Crippen LogP contribution in [0.1, 0.15) is 34.2 Å². The molecule has 5 heteroatoms. The first-order chi connectivity index (χ1) is 8.16. The van der Waals surface area contributed by atoms with E-state index in [0.29, 0.717) is 5.69 Å². The molecule has 88 valence electrons. The van der Waals surface area contributed by atoms with Crippen LogP contribution in [0.15, 0.2) is 29.8 Å². The summed E-state index contributed by atoms with van der Waals surface area (Å²) in [5.74, 6) is -0.0214. The number of hydrogen-bond donors (Lipinski definition) is 1. The lowest BCUT2D eigenvalue weighted by Gasteiger charge is -1.98. The average molecular weight is 247 g/mol. The Morgan fingerprint density at radius 3 is 2.94 bits per heavy atom. The predicted octanol–water partition coefficient (Wildman–Crippen LogP) is 1.98. The number of nitrogens with two attached hydrogens (primary N) is 1. The molecule has 0 aliphatic heterocycles. The molecule has 0 aromatic carbocycles. The summed E-state index contributed by atoms with van der Waals surface area (Å²) in [6.45, 7) is 1.85. The molecule has 1 unspecified atom stereocenters. The van der Waals surface area contributed by atoms with E-state index in [0.717, 1.165) is 10.7 Å². The third-order valence-corrected chi connectivity index (χ3v) is 3.31. The van der Waals surface area contributed by atoms with Gasteiger partial charge in [-0.3, -0.25) is 9.78 Å². The minimum Gasteiger partial charge on any atom is -0.322 e. The maximum Gasteiger partial charge on any atom is 0.187 e. The predicted molar refractivity (Wildman–Crippen MR) is 67.0 cm³/mol. The van der Waals surface area contributed by atoms with E-state index >= 15 is 0 Å². The number of aromatic nitrogens is 2. The fourth-order valence-corrected chi connectivity index (χ4v) is 2.16. The van der Waals surface area contributed by atoms with Crippen molar-refractivity contribution in [1.82, 2.24) is 9.97 Å². The molecule has 2 aromatic rings. The van der Waals surface area contributed by atoms with E-state index < -0.39 is 0 Å². The van der Waals surface area contributed by atoms with Crippen molar-refractivity contribution in [3.05, 3.63) is 46.2 Å². The van der Waals surface area contributed by atoms with E-state index in [1.54, 1.807) is 11.6 Å². The first kappa shape index (κ1) is 11.9. The maximum absolute atomic E-state index is 11.9. The van der Waals surface area contributed by atoms with Crippen molar-refractivity contribution < 1.29 is 4.79 Å². The number of rotatable bonds is 4. The van der Waals surface area contributed by atoms with Crippen LogP contribution >= 0.6 is 11.3 Å². The normalized spacial score (nSPS) is 12.4. The Labute approximate surface area is 104 Å². The van der Waals surface area contributed by atoms with Gasteiger partial charge in [0.15, 0.2) is 5.78 Å². The van der Waals surface area contributed by atoms with Gasteiger partial charge in [0.25, 0.3) is 0 Å². The SMILES string of the molecule is CC(N)c1nc(C(=O)Cc2ccccn2)cs1. The number of Topliss-reactive ketones (excluding diaryl/α,β-unsaturated/α-hetero) is 1. The minimum atomic E-state index is -0.128. The molecule has 0 saturated carbocycles. The Morgan fingerprint density at radius 1 is 1.53 bits per heavy atom. The van der Waals surface area contributed by atoms with Crippen LogP contribution < -0.4 is 5.73 Å². The molecule has 0 spiro atoms. The zero-order chi connectivity index (χ0) is 12.3. The summed E-state index contributed by atoms with van der Waals surface area (Å²) in [6.07, 6.45) is 1.96. The fourth-order valence-electron chi connectivity index (χ4n) is 1.38. The summed E-state index contributed by atoms with van der Waals surface area (Å²) >= 11 is 1.42. The van der Waals surface area contributed by atoms with Gasteiger partial charge in [-0.05, 0) is 19.1 Å². The summed E-state index contributed by atoms with van der Waals surface area (Å²) in [4.78, 5) is 20.3. The van der Waals surface area contributed by atoms with Gasteiger partial charge in [0.1, 0.15) is 10.7 Å². The van der Waals surface area contributed by atoms with E-state index in [4.69, 9.17) is 5.73 Å². The quantitative estimate of drug-likeness (QED) is 0.839. The molecule has 2 heterocycles. The third-order valence-electron chi connectivity index (χ3n) is 2.26. The summed E-state index contributed by atoms with van der Waals surface area (Å²) in [6, 6.07) is 5.39. The highest BCUT2D eigenvalue weighted by atomic mass is 32.1. The first-order valence-electron chi connectivity index (χ1n) is 5.31. The highest BCUT2D eigenvalue weighted by molar-refractivity contribution is 7.09. The fraction of sp³-hybridized carbons (Fsp3) is 0.250. The average Bonchev–Trinajstić information content (AvgIpc) is 2.79. The Balaban J connectivity index is 2.10. The second-order valence-corrected chi connectivity index (χ2v) is 4.67. The van der Waals surface area contributed by atoms with Crippen LogP contribution in [-0.2, 0) is 6.42 Å². The molecule has 2 N–H and O–H groups in total. The zero-order valence-corrected chi connectivity index (χ0v) is 10.3. The number of nitrogens with zero attached hydrogens (tertiary/aromatic N) is 2. The van der Waals surface area contributed by atoms with Crippen molar-refractivity contribution in [2.24, 2.45) is 5.73 Å². The topological polar surface area (TPSA) is 68.9 Å². The molecule has 1 atom stereocenters. The van der Waals surface area contributed by atoms with Gasteiger partial charge in [-0.1, -0.05) is 6.07 Å². The van der Waals surface area contributed by atoms with Crippen molar-refractivity contribution in [2.45, 2.75) is 19.4 Å². The number of thiazole rings is 1. The molecule has 0 aliphatic carbocycles. The molecule has 0 amide bonds. The largest absolute Gasteiger partial charge is 0.322 e. The van der Waals surface area contributed by atoms with Crippen molar-refractivity contribution in [1.29, 1.82) is 0 Å². The molecular weight excluding hydrogens is 234 g/mol. The Morgan fingerprint density at radius 2 is 2.35 bits per heavy atom. The minimum absolute atomic E-state index is 0.0214. The molecule has 2 rings (SSSR count). The lowest BCUT2D eigenvalue weighted by molar-refractivity contribution is 0.0987. The Bertz CT molecular complexity index is 507. The number of carbonyl (C=O) groups excluding carboxylic acids is 1. The molecule has 2 aromatic heterocycles. The van der Waals surface area contributed by atoms with Crippen molar-refractivity contribution in [3.63, 3.8) is 0 Å². The molecule has 0 saturated heterocycles. The Hall–Kier alpha value is -1.59. The molecule has 17 heavy (non-hydrogen) atoms. The monoisotopic (exact) mass is 247 g/mol. The van der Waals surface area contributed by atoms with Crippen LogP contribution in [0.25, 0.3) is 0 Å². The summed E-state index contributed by atoms with van der Waals surface area (Å²) in [7, 11) is 0. The number of hydrogen-bond acceptors (Lipinski definition) is 5. The van der Waals surface area contributed by atoms with E-state index in [1.807, 2.05) is 25.1 Å². The van der Waals surface area contributed by atoms with Crippen LogP contribution in [0.2, 0.25) is 0 Å². The lowest BCUT2D eigenvalue weighted by Crippen LogP contribution is -2.08. The summed E-state index contributed by atoms with van der Waals surface area (Å²) < 4.78 is 0. The molecule has 0 fully saturated rings. The Kier molecular flexibility index (Phi) is 3.61. The van der Waals surface area contributed by atoms with Crippen LogP contribution in [0, 0.1) is 0 Å². The highest BCUT2D eigenvalue weighted by Crippen LogP contribution is 2.16. The first-order valence-corrected chi connectivity index (χ1v) is 6.19. The second kappa shape index (κ2) is 5.16. The van der Waals surface area contributed by atoms with Crippen LogP contribution in [0.3, 0.4) is 0 Å². The van der Waals surface area contributed by atoms with Crippen LogP contribution in [0.5, 0.6) is 0 Å². The smallest absolute Gasteiger partial charge is 0.187 e. The lowest BCUT2D eigenvalue weighted by atomic mass is 10.1. The van der Waals surface area contributed by atoms with E-state index in [-0.39, 0.29) is 18.2 Å². The van der Waals surface area contributed by atoms with Gasteiger partial charge in [-0.25, -0.2) is 4.98 Å². The van der Waals surface area contributed by atoms with Crippen molar-refractivity contribution in [3.8, 4) is 0 Å². The van der Waals surface area contributed by atoms with Crippen LogP contribution in [-0.4, -0.2) is 15.8 Å². The van der Waals surface area contributed by atoms with Crippen LogP contribution in [0.4, 0.5) is 0 Å². The molecular formula is C12H13N3OS. The van der Waals surface area contributed by atoms with Gasteiger partial charge in [0.05, 0.1) is 12.5 Å². The van der Waals surface area contributed by atoms with Gasteiger partial charge < -0.3 is 5.73 Å². The third kappa shape index (κ3) is 2.95. The van der Waals surface area contributed by atoms with E-state index in [2.05, 4.69) is 9.97 Å². The maximum atomic E-state index is 11.9. The standard InChI is InChI=1S/C12H13N3OS/c1-8(13)12-15-10(7-17-12)11(16)6-9-4-2-3-5-14-9/h2-5,7-8H,6,13H2,1H3. The number of pyridine rings is 1. The van der Waals surface area contributed by atoms with Gasteiger partial charge in [0.2, 0.25) is 0 Å². The number of carbonyl (C=O) groups is 1. The van der Waals surface area contributed by atoms with Gasteiger partial charge in [-0.15, -0.1) is 11.3 Å². The summed E-state index contributed by atoms with van der Waals surface area (Å²) in [5.41, 5.74) is 6.94. The van der Waals surface area contributed by atoms with E-state index in [1.165, 1.54) is 11.3 Å². The molecule has 0 bridgehead atoms. The van der Waals surface area contributed by atoms with E-state index in [9.17, 15) is 4.79 Å². The molecule has 0 aliphatic rings. The van der Waals surface area contributed by atoms with Gasteiger partial charge in [0, 0.05) is 17.3 Å². The van der Waals surface area contributed by atoms with Crippen molar-refractivity contribution in [2.75, 3.05) is 0 Å². The second-order valence-electron chi connectivity index (χ2n) is 3.78. The summed E-state index contributed by atoms with van der Waals surface area (Å²) in [5, 5.41) is 2.54. The highest BCUT2D eigenvalue weighted by Gasteiger charge is 2.13. The van der Waals surface area contributed by atoms with Gasteiger partial charge in [-0.2, -0.15) is 0 Å². The van der Waals surface area contributed by atoms with Gasteiger partial charge >= 0.3 is 0 Å². The molecule has 0 radical (unpaired) electrons.